The predicted octanol–water partition coefficient (Wildman–Crippen LogP) is 0.827. The lowest BCUT2D eigenvalue weighted by molar-refractivity contribution is 0.269. The van der Waals surface area contributed by atoms with E-state index in [1.165, 1.54) is 0 Å². The number of fused-ring (bicyclic) bond motifs is 1. The van der Waals surface area contributed by atoms with Crippen molar-refractivity contribution in [2.24, 2.45) is 5.41 Å². The Kier molecular flexibility index (Phi) is 2.85. The van der Waals surface area contributed by atoms with Gasteiger partial charge in [-0.15, -0.1) is 0 Å². The van der Waals surface area contributed by atoms with Gasteiger partial charge in [0.2, 0.25) is 0 Å². The van der Waals surface area contributed by atoms with Crippen molar-refractivity contribution in [3.05, 3.63) is 28.7 Å². The van der Waals surface area contributed by atoms with Gasteiger partial charge < -0.3 is 9.15 Å². The summed E-state index contributed by atoms with van der Waals surface area (Å²) < 4.78 is 33.4. The molecule has 0 radical (unpaired) electrons. The minimum atomic E-state index is -3.25. The van der Waals surface area contributed by atoms with Crippen LogP contribution < -0.4 is 10.5 Å². The van der Waals surface area contributed by atoms with Crippen molar-refractivity contribution in [2.75, 3.05) is 12.9 Å². The van der Waals surface area contributed by atoms with Gasteiger partial charge in [-0.25, -0.2) is 13.2 Å². The number of hydrogen-bond acceptors (Lipinski definition) is 6. The van der Waals surface area contributed by atoms with E-state index < -0.39 is 26.3 Å². The normalized spacial score (nSPS) is 24.7. The number of H-pyrrole nitrogens is 1. The molecule has 1 aromatic carbocycles. The van der Waals surface area contributed by atoms with E-state index in [-0.39, 0.29) is 13.0 Å². The lowest BCUT2D eigenvalue weighted by atomic mass is 10.1. The average molecular weight is 308 g/mol. The third-order valence-corrected chi connectivity index (χ3v) is 5.28. The van der Waals surface area contributed by atoms with Crippen LogP contribution in [-0.4, -0.2) is 31.5 Å². The summed E-state index contributed by atoms with van der Waals surface area (Å²) in [6.07, 6.45) is 1.41. The molecule has 21 heavy (non-hydrogen) atoms. The molecular weight excluding hydrogens is 296 g/mol. The molecule has 1 N–H and O–H groups in total. The molecule has 0 aliphatic heterocycles. The van der Waals surface area contributed by atoms with Crippen LogP contribution in [0.25, 0.3) is 11.1 Å². The van der Waals surface area contributed by atoms with Crippen LogP contribution in [0.3, 0.4) is 0 Å². The first kappa shape index (κ1) is 13.7. The molecular formula is C13H12N2O5S. The van der Waals surface area contributed by atoms with E-state index in [0.717, 1.165) is 6.26 Å². The summed E-state index contributed by atoms with van der Waals surface area (Å²) >= 11 is 0. The molecule has 0 bridgehead atoms. The highest BCUT2D eigenvalue weighted by Crippen LogP contribution is 2.50. The lowest BCUT2D eigenvalue weighted by Gasteiger charge is -2.10. The van der Waals surface area contributed by atoms with Gasteiger partial charge in [-0.05, 0) is 18.6 Å². The third-order valence-electron chi connectivity index (χ3n) is 3.63. The van der Waals surface area contributed by atoms with Gasteiger partial charge in [0.15, 0.2) is 15.4 Å². The van der Waals surface area contributed by atoms with Gasteiger partial charge >= 0.3 is 5.76 Å². The van der Waals surface area contributed by atoms with E-state index in [1.807, 2.05) is 6.07 Å². The number of oxazole rings is 1. The minimum absolute atomic E-state index is 0.00513. The van der Waals surface area contributed by atoms with E-state index in [2.05, 4.69) is 4.98 Å². The Balaban J connectivity index is 1.78. The van der Waals surface area contributed by atoms with Crippen LogP contribution in [0.15, 0.2) is 27.4 Å². The first-order chi connectivity index (χ1) is 9.84. The number of ether oxygens (including phenoxy) is 1. The standard InChI is InChI=1S/C13H12N2O5S/c1-21(17,18)11-5-13(11,6-14)7-19-8-2-3-10-9(4-8)15-12(16)20-10/h2-4,11H,5,7H2,1H3,(H,15,16)/t11-,13-/m1/s1. The molecule has 3 rings (SSSR count). The summed E-state index contributed by atoms with van der Waals surface area (Å²) in [5.74, 6) is -0.122. The van der Waals surface area contributed by atoms with Crippen molar-refractivity contribution >= 4 is 20.9 Å². The van der Waals surface area contributed by atoms with E-state index in [0.29, 0.717) is 16.8 Å². The van der Waals surface area contributed by atoms with E-state index in [1.54, 1.807) is 18.2 Å². The zero-order valence-electron chi connectivity index (χ0n) is 11.1. The van der Waals surface area contributed by atoms with E-state index >= 15 is 0 Å². The molecule has 0 amide bonds. The Morgan fingerprint density at radius 3 is 2.95 bits per heavy atom. The fourth-order valence-electron chi connectivity index (χ4n) is 2.37. The first-order valence-corrected chi connectivity index (χ1v) is 8.15. The fraction of sp³-hybridized carbons (Fsp3) is 0.385. The smallest absolute Gasteiger partial charge is 0.417 e. The maximum absolute atomic E-state index is 11.5. The molecule has 2 atom stereocenters. The van der Waals surface area contributed by atoms with Crippen LogP contribution in [0, 0.1) is 16.7 Å². The SMILES string of the molecule is CS(=O)(=O)[C@@H]1C[C@@]1(C#N)COc1ccc2oc(=O)[nH]c2c1. The average Bonchev–Trinajstić information content (AvgIpc) is 3.04. The highest BCUT2D eigenvalue weighted by molar-refractivity contribution is 7.91. The molecule has 2 aromatic rings. The molecule has 7 nitrogen and oxygen atoms in total. The van der Waals surface area contributed by atoms with Gasteiger partial charge in [-0.1, -0.05) is 0 Å². The third kappa shape index (κ3) is 2.40. The number of benzene rings is 1. The Morgan fingerprint density at radius 1 is 1.57 bits per heavy atom. The van der Waals surface area contributed by atoms with Gasteiger partial charge in [0.25, 0.3) is 0 Å². The van der Waals surface area contributed by atoms with E-state index in [4.69, 9.17) is 9.15 Å². The molecule has 1 saturated carbocycles. The van der Waals surface area contributed by atoms with Crippen LogP contribution in [0.1, 0.15) is 6.42 Å². The number of rotatable bonds is 4. The maximum atomic E-state index is 11.5. The predicted molar refractivity (Wildman–Crippen MR) is 73.6 cm³/mol. The number of aromatic nitrogens is 1. The largest absolute Gasteiger partial charge is 0.492 e. The van der Waals surface area contributed by atoms with Crippen LogP contribution in [0.2, 0.25) is 0 Å². The second-order valence-corrected chi connectivity index (χ2v) is 7.48. The number of nitrogens with one attached hydrogen (secondary N) is 1. The maximum Gasteiger partial charge on any atom is 0.417 e. The van der Waals surface area contributed by atoms with Crippen molar-refractivity contribution in [3.63, 3.8) is 0 Å². The summed E-state index contributed by atoms with van der Waals surface area (Å²) in [5.41, 5.74) is -0.0893. The fourth-order valence-corrected chi connectivity index (χ4v) is 3.91. The van der Waals surface area contributed by atoms with Crippen LogP contribution >= 0.6 is 0 Å². The van der Waals surface area contributed by atoms with Crippen molar-refractivity contribution < 1.29 is 17.6 Å². The lowest BCUT2D eigenvalue weighted by Crippen LogP contribution is -2.20. The quantitative estimate of drug-likeness (QED) is 0.894. The highest BCUT2D eigenvalue weighted by Gasteiger charge is 2.61. The molecule has 1 fully saturated rings. The molecule has 1 aliphatic rings. The Labute approximate surface area is 120 Å². The monoisotopic (exact) mass is 308 g/mol. The Bertz CT molecular complexity index is 905. The summed E-state index contributed by atoms with van der Waals surface area (Å²) in [6.45, 7) is -0.00513. The van der Waals surface area contributed by atoms with Crippen LogP contribution in [0.5, 0.6) is 5.75 Å². The van der Waals surface area contributed by atoms with Gasteiger partial charge in [-0.3, -0.25) is 4.98 Å². The van der Waals surface area contributed by atoms with Gasteiger partial charge in [0.05, 0.1) is 16.8 Å². The minimum Gasteiger partial charge on any atom is -0.492 e. The zero-order valence-corrected chi connectivity index (χ0v) is 11.9. The topological polar surface area (TPSA) is 113 Å². The van der Waals surface area contributed by atoms with Crippen LogP contribution in [-0.2, 0) is 9.84 Å². The molecule has 8 heteroatoms. The molecule has 0 spiro atoms. The number of nitrogens with zero attached hydrogens (tertiary/aromatic N) is 1. The second kappa shape index (κ2) is 4.36. The molecule has 1 heterocycles. The molecule has 110 valence electrons. The van der Waals surface area contributed by atoms with Crippen molar-refractivity contribution in [1.82, 2.24) is 4.98 Å². The van der Waals surface area contributed by atoms with Gasteiger partial charge in [-0.2, -0.15) is 5.26 Å². The molecule has 0 unspecified atom stereocenters. The highest BCUT2D eigenvalue weighted by atomic mass is 32.2. The number of aromatic amines is 1. The zero-order chi connectivity index (χ0) is 15.3. The number of hydrogen-bond donors (Lipinski definition) is 1. The summed E-state index contributed by atoms with van der Waals surface area (Å²) in [4.78, 5) is 13.5. The van der Waals surface area contributed by atoms with Crippen molar-refractivity contribution in [3.8, 4) is 11.8 Å². The first-order valence-electron chi connectivity index (χ1n) is 6.20. The molecule has 0 saturated heterocycles. The van der Waals surface area contributed by atoms with E-state index in [9.17, 15) is 18.5 Å². The molecule has 1 aliphatic carbocycles. The Morgan fingerprint density at radius 2 is 2.33 bits per heavy atom. The van der Waals surface area contributed by atoms with Gasteiger partial charge in [0.1, 0.15) is 17.8 Å². The second-order valence-electron chi connectivity index (χ2n) is 5.25. The number of nitriles is 1. The van der Waals surface area contributed by atoms with Crippen molar-refractivity contribution in [2.45, 2.75) is 11.7 Å². The summed E-state index contributed by atoms with van der Waals surface area (Å²) in [5, 5.41) is 8.51. The Hall–Kier alpha value is -2.27. The van der Waals surface area contributed by atoms with Crippen molar-refractivity contribution in [1.29, 1.82) is 5.26 Å². The molecule has 1 aromatic heterocycles. The van der Waals surface area contributed by atoms with Gasteiger partial charge in [0, 0.05) is 12.3 Å². The summed E-state index contributed by atoms with van der Waals surface area (Å²) in [6, 6.07) is 6.78. The number of sulfone groups is 1. The summed E-state index contributed by atoms with van der Waals surface area (Å²) in [7, 11) is -3.25. The van der Waals surface area contributed by atoms with Crippen LogP contribution in [0.4, 0.5) is 0 Å².